The van der Waals surface area contributed by atoms with Gasteiger partial charge >= 0.3 is 0 Å². The first-order valence-electron chi connectivity index (χ1n) is 9.41. The van der Waals surface area contributed by atoms with Gasteiger partial charge in [-0.1, -0.05) is 0 Å². The Morgan fingerprint density at radius 1 is 1.25 bits per heavy atom. The second-order valence-corrected chi connectivity index (χ2v) is 7.55. The maximum atomic E-state index is 10.4. The molecule has 0 spiro atoms. The van der Waals surface area contributed by atoms with Crippen LogP contribution in [0.2, 0.25) is 0 Å². The lowest BCUT2D eigenvalue weighted by atomic mass is 10.0. The third-order valence-electron chi connectivity index (χ3n) is 5.40. The number of likely N-dealkylation sites (N-methyl/N-ethyl adjacent to an activating group) is 1. The smallest absolute Gasteiger partial charge is 0.297 e. The normalized spacial score (nSPS) is 19.2. The van der Waals surface area contributed by atoms with Crippen LogP contribution in [0.15, 0.2) is 28.7 Å². The molecule has 1 fully saturated rings. The second-order valence-electron chi connectivity index (χ2n) is 7.55. The number of hydrogen-bond donors (Lipinski definition) is 2. The molecule has 3 aromatic rings. The van der Waals surface area contributed by atoms with Crippen molar-refractivity contribution in [2.24, 2.45) is 0 Å². The summed E-state index contributed by atoms with van der Waals surface area (Å²) in [6.45, 7) is 1.85. The average Bonchev–Trinajstić information content (AvgIpc) is 3.27. The molecule has 0 saturated heterocycles. The molecule has 4 rings (SSSR count). The van der Waals surface area contributed by atoms with E-state index < -0.39 is 0 Å². The van der Waals surface area contributed by atoms with E-state index in [4.69, 9.17) is 9.68 Å². The first-order chi connectivity index (χ1) is 13.5. The van der Waals surface area contributed by atoms with Crippen LogP contribution in [-0.2, 0) is 0 Å². The van der Waals surface area contributed by atoms with Crippen LogP contribution in [0.5, 0.6) is 5.75 Å². The van der Waals surface area contributed by atoms with Gasteiger partial charge in [-0.3, -0.25) is 0 Å². The summed E-state index contributed by atoms with van der Waals surface area (Å²) < 4.78 is 5.84. The van der Waals surface area contributed by atoms with E-state index >= 15 is 0 Å². The number of pyridine rings is 1. The Kier molecular flexibility index (Phi) is 4.65. The Bertz CT molecular complexity index is 1040. The summed E-state index contributed by atoms with van der Waals surface area (Å²) in [7, 11) is 4.19. The molecule has 7 nitrogen and oxygen atoms in total. The van der Waals surface area contributed by atoms with Crippen molar-refractivity contribution in [2.75, 3.05) is 19.4 Å². The highest BCUT2D eigenvalue weighted by Gasteiger charge is 2.30. The fraction of sp³-hybridized carbons (Fsp3) is 0.381. The number of phenolic OH excluding ortho intramolecular Hbond substituents is 1. The first kappa shape index (κ1) is 18.3. The number of aromatic hydroxyl groups is 1. The van der Waals surface area contributed by atoms with Crippen LogP contribution in [0.4, 0.5) is 6.01 Å². The number of aromatic nitrogens is 2. The number of phenols is 1. The van der Waals surface area contributed by atoms with E-state index in [2.05, 4.69) is 34.3 Å². The van der Waals surface area contributed by atoms with Gasteiger partial charge in [0.05, 0.1) is 17.3 Å². The van der Waals surface area contributed by atoms with Gasteiger partial charge in [-0.25, -0.2) is 4.98 Å². The summed E-state index contributed by atoms with van der Waals surface area (Å²) >= 11 is 0. The number of rotatable bonds is 4. The third kappa shape index (κ3) is 3.27. The molecule has 0 unspecified atom stereocenters. The molecule has 2 N–H and O–H groups in total. The van der Waals surface area contributed by atoms with Gasteiger partial charge in [-0.2, -0.15) is 10.2 Å². The van der Waals surface area contributed by atoms with Gasteiger partial charge in [0.25, 0.3) is 6.01 Å². The van der Waals surface area contributed by atoms with Crippen molar-refractivity contribution in [3.05, 3.63) is 35.4 Å². The Morgan fingerprint density at radius 2 is 2.07 bits per heavy atom. The molecule has 0 amide bonds. The van der Waals surface area contributed by atoms with Crippen LogP contribution < -0.4 is 5.32 Å². The van der Waals surface area contributed by atoms with Crippen LogP contribution in [0.3, 0.4) is 0 Å². The van der Waals surface area contributed by atoms with Gasteiger partial charge < -0.3 is 19.7 Å². The van der Waals surface area contributed by atoms with E-state index in [1.54, 1.807) is 12.1 Å². The van der Waals surface area contributed by atoms with Gasteiger partial charge in [0.2, 0.25) is 5.65 Å². The number of anilines is 1. The Hall–Kier alpha value is -3.11. The molecule has 0 aliphatic heterocycles. The predicted molar refractivity (Wildman–Crippen MR) is 107 cm³/mol. The summed E-state index contributed by atoms with van der Waals surface area (Å²) in [6.07, 6.45) is 3.42. The zero-order chi connectivity index (χ0) is 19.8. The highest BCUT2D eigenvalue weighted by Crippen LogP contribution is 2.34. The van der Waals surface area contributed by atoms with Crippen molar-refractivity contribution in [3.63, 3.8) is 0 Å². The van der Waals surface area contributed by atoms with Crippen molar-refractivity contribution in [2.45, 2.75) is 38.3 Å². The SMILES string of the molecule is Cc1cc(C#N)cc(O)c1-c1ccc2oc(N[C@@H]3CCC[C@H]3N(C)C)nc2n1. The van der Waals surface area contributed by atoms with Crippen molar-refractivity contribution < 1.29 is 9.52 Å². The highest BCUT2D eigenvalue weighted by atomic mass is 16.4. The third-order valence-corrected chi connectivity index (χ3v) is 5.40. The van der Waals surface area contributed by atoms with Crippen LogP contribution in [0.25, 0.3) is 22.5 Å². The van der Waals surface area contributed by atoms with Crippen molar-refractivity contribution >= 4 is 17.2 Å². The Labute approximate surface area is 163 Å². The molecule has 1 aromatic carbocycles. The molecule has 2 heterocycles. The van der Waals surface area contributed by atoms with E-state index in [-0.39, 0.29) is 5.75 Å². The van der Waals surface area contributed by atoms with Crippen LogP contribution in [0.1, 0.15) is 30.4 Å². The summed E-state index contributed by atoms with van der Waals surface area (Å²) in [5.41, 5.74) is 3.48. The minimum Gasteiger partial charge on any atom is -0.507 e. The van der Waals surface area contributed by atoms with E-state index in [1.165, 1.54) is 12.5 Å². The van der Waals surface area contributed by atoms with E-state index in [0.29, 0.717) is 46.1 Å². The molecule has 1 aliphatic rings. The molecular formula is C21H23N5O2. The zero-order valence-electron chi connectivity index (χ0n) is 16.2. The molecule has 1 aliphatic carbocycles. The lowest BCUT2D eigenvalue weighted by Crippen LogP contribution is -2.39. The minimum atomic E-state index is 0.0324. The van der Waals surface area contributed by atoms with Gasteiger partial charge in [-0.15, -0.1) is 0 Å². The number of aryl methyl sites for hydroxylation is 1. The standard InChI is InChI=1S/C21H23N5O2/c1-12-9-13(11-22)10-17(27)19(12)15-7-8-18-20(23-15)25-21(28-18)24-14-5-4-6-16(14)26(2)3/h7-10,14,16,27H,4-6H2,1-3H3,(H,23,24,25)/t14-,16-/m1/s1. The molecule has 7 heteroatoms. The van der Waals surface area contributed by atoms with Gasteiger partial charge in [-0.05, 0) is 70.1 Å². The quantitative estimate of drug-likeness (QED) is 0.716. The first-order valence-corrected chi connectivity index (χ1v) is 9.41. The minimum absolute atomic E-state index is 0.0324. The molecule has 2 atom stereocenters. The van der Waals surface area contributed by atoms with Gasteiger partial charge in [0.1, 0.15) is 5.75 Å². The molecule has 2 aromatic heterocycles. The topological polar surface area (TPSA) is 98.2 Å². The maximum absolute atomic E-state index is 10.4. The van der Waals surface area contributed by atoms with Crippen molar-refractivity contribution in [1.82, 2.24) is 14.9 Å². The van der Waals surface area contributed by atoms with Gasteiger partial charge in [0.15, 0.2) is 5.58 Å². The molecule has 144 valence electrons. The largest absolute Gasteiger partial charge is 0.507 e. The van der Waals surface area contributed by atoms with Crippen LogP contribution in [0, 0.1) is 18.3 Å². The maximum Gasteiger partial charge on any atom is 0.297 e. The lowest BCUT2D eigenvalue weighted by molar-refractivity contribution is 0.283. The Morgan fingerprint density at radius 3 is 2.79 bits per heavy atom. The zero-order valence-corrected chi connectivity index (χ0v) is 16.2. The predicted octanol–water partition coefficient (Wildman–Crippen LogP) is 3.67. The summed E-state index contributed by atoms with van der Waals surface area (Å²) in [4.78, 5) is 11.3. The molecule has 0 radical (unpaired) electrons. The van der Waals surface area contributed by atoms with E-state index in [1.807, 2.05) is 19.1 Å². The molecule has 0 bridgehead atoms. The van der Waals surface area contributed by atoms with E-state index in [0.717, 1.165) is 18.4 Å². The van der Waals surface area contributed by atoms with Crippen LogP contribution in [-0.4, -0.2) is 46.2 Å². The van der Waals surface area contributed by atoms with Crippen molar-refractivity contribution in [3.8, 4) is 23.1 Å². The lowest BCUT2D eigenvalue weighted by Gasteiger charge is -2.26. The van der Waals surface area contributed by atoms with Crippen LogP contribution >= 0.6 is 0 Å². The average molecular weight is 377 g/mol. The Balaban J connectivity index is 1.65. The summed E-state index contributed by atoms with van der Waals surface area (Å²) in [6, 6.07) is 10.1. The fourth-order valence-corrected chi connectivity index (χ4v) is 4.07. The monoisotopic (exact) mass is 377 g/mol. The number of oxazole rings is 1. The summed E-state index contributed by atoms with van der Waals surface area (Å²) in [5, 5.41) is 22.8. The molecule has 1 saturated carbocycles. The fourth-order valence-electron chi connectivity index (χ4n) is 4.07. The summed E-state index contributed by atoms with van der Waals surface area (Å²) in [5.74, 6) is 0.0324. The second kappa shape index (κ2) is 7.13. The highest BCUT2D eigenvalue weighted by molar-refractivity contribution is 5.78. The number of hydrogen-bond acceptors (Lipinski definition) is 7. The molecular weight excluding hydrogens is 354 g/mol. The van der Waals surface area contributed by atoms with E-state index in [9.17, 15) is 5.11 Å². The number of nitriles is 1. The van der Waals surface area contributed by atoms with Gasteiger partial charge in [0, 0.05) is 17.6 Å². The number of nitrogens with zero attached hydrogens (tertiary/aromatic N) is 4. The number of fused-ring (bicyclic) bond motifs is 1. The van der Waals surface area contributed by atoms with Crippen molar-refractivity contribution in [1.29, 1.82) is 5.26 Å². The number of nitrogens with one attached hydrogen (secondary N) is 1. The number of benzene rings is 1. The molecule has 28 heavy (non-hydrogen) atoms.